The predicted octanol–water partition coefficient (Wildman–Crippen LogP) is 3.45. The minimum atomic E-state index is 0.210. The van der Waals surface area contributed by atoms with E-state index in [0.29, 0.717) is 5.56 Å². The molecule has 0 saturated heterocycles. The van der Waals surface area contributed by atoms with E-state index < -0.39 is 0 Å². The molecule has 0 amide bonds. The van der Waals surface area contributed by atoms with Crippen molar-refractivity contribution < 1.29 is 9.94 Å². The Bertz CT molecular complexity index is 387. The van der Waals surface area contributed by atoms with Gasteiger partial charge in [-0.1, -0.05) is 21.1 Å². The molecule has 3 nitrogen and oxygen atoms in total. The highest BCUT2D eigenvalue weighted by Gasteiger charge is 2.15. The lowest BCUT2D eigenvalue weighted by Crippen LogP contribution is -2.02. The van der Waals surface area contributed by atoms with Crippen molar-refractivity contribution in [1.82, 2.24) is 0 Å². The maximum atomic E-state index is 9.56. The minimum absolute atomic E-state index is 0.210. The quantitative estimate of drug-likeness (QED) is 0.682. The summed E-state index contributed by atoms with van der Waals surface area (Å²) in [6, 6.07) is 5.21. The first-order valence-electron chi connectivity index (χ1n) is 5.43. The molecular formula is C12H14BrNO2. The van der Waals surface area contributed by atoms with Gasteiger partial charge in [0.05, 0.1) is 6.21 Å². The van der Waals surface area contributed by atoms with Crippen molar-refractivity contribution in [3.63, 3.8) is 0 Å². The van der Waals surface area contributed by atoms with Crippen molar-refractivity contribution in [2.75, 3.05) is 0 Å². The number of phenolic OH excluding ortho intramolecular Hbond substituents is 1. The summed E-state index contributed by atoms with van der Waals surface area (Å²) in [6.45, 7) is 0. The molecule has 0 radical (unpaired) electrons. The highest BCUT2D eigenvalue weighted by atomic mass is 79.9. The lowest BCUT2D eigenvalue weighted by Gasteiger charge is -2.05. The summed E-state index contributed by atoms with van der Waals surface area (Å²) in [5.74, 6) is 0.210. The first-order chi connectivity index (χ1) is 7.75. The van der Waals surface area contributed by atoms with Crippen LogP contribution in [0.5, 0.6) is 5.75 Å². The zero-order valence-electron chi connectivity index (χ0n) is 8.90. The topological polar surface area (TPSA) is 41.8 Å². The van der Waals surface area contributed by atoms with E-state index in [1.807, 2.05) is 0 Å². The fraction of sp³-hybridized carbons (Fsp3) is 0.417. The molecule has 16 heavy (non-hydrogen) atoms. The Kier molecular flexibility index (Phi) is 3.83. The summed E-state index contributed by atoms with van der Waals surface area (Å²) in [6.07, 6.45) is 6.43. The van der Waals surface area contributed by atoms with Crippen LogP contribution in [0.3, 0.4) is 0 Å². The van der Waals surface area contributed by atoms with Gasteiger partial charge in [0.2, 0.25) is 0 Å². The minimum Gasteiger partial charge on any atom is -0.507 e. The molecule has 0 unspecified atom stereocenters. The van der Waals surface area contributed by atoms with E-state index in [2.05, 4.69) is 21.1 Å². The average Bonchev–Trinajstić information content (AvgIpc) is 2.76. The van der Waals surface area contributed by atoms with Gasteiger partial charge in [0.15, 0.2) is 0 Å². The average molecular weight is 284 g/mol. The molecular weight excluding hydrogens is 270 g/mol. The van der Waals surface area contributed by atoms with Gasteiger partial charge < -0.3 is 9.94 Å². The summed E-state index contributed by atoms with van der Waals surface area (Å²) in [7, 11) is 0. The maximum Gasteiger partial charge on any atom is 0.127 e. The SMILES string of the molecule is Oc1ccc(Br)cc1/C=N/OC1CCCC1. The fourth-order valence-electron chi connectivity index (χ4n) is 1.80. The number of phenols is 1. The van der Waals surface area contributed by atoms with Crippen molar-refractivity contribution in [3.05, 3.63) is 28.2 Å². The Hall–Kier alpha value is -1.03. The molecule has 1 aromatic rings. The van der Waals surface area contributed by atoms with Crippen LogP contribution in [0.15, 0.2) is 27.8 Å². The molecule has 1 aliphatic carbocycles. The first-order valence-corrected chi connectivity index (χ1v) is 6.23. The van der Waals surface area contributed by atoms with E-state index in [1.54, 1.807) is 24.4 Å². The number of benzene rings is 1. The summed E-state index contributed by atoms with van der Waals surface area (Å²) < 4.78 is 0.910. The second-order valence-corrected chi connectivity index (χ2v) is 4.87. The molecule has 0 aliphatic heterocycles. The van der Waals surface area contributed by atoms with Gasteiger partial charge in [-0.05, 0) is 43.9 Å². The van der Waals surface area contributed by atoms with E-state index in [4.69, 9.17) is 4.84 Å². The van der Waals surface area contributed by atoms with Crippen molar-refractivity contribution >= 4 is 22.1 Å². The molecule has 1 aromatic carbocycles. The van der Waals surface area contributed by atoms with E-state index in [-0.39, 0.29) is 11.9 Å². The number of oxime groups is 1. The van der Waals surface area contributed by atoms with Crippen LogP contribution in [0.25, 0.3) is 0 Å². The lowest BCUT2D eigenvalue weighted by atomic mass is 10.2. The van der Waals surface area contributed by atoms with Crippen molar-refractivity contribution in [2.24, 2.45) is 5.16 Å². The Labute approximate surface area is 103 Å². The molecule has 86 valence electrons. The largest absolute Gasteiger partial charge is 0.507 e. The third kappa shape index (κ3) is 2.98. The van der Waals surface area contributed by atoms with Crippen LogP contribution >= 0.6 is 15.9 Å². The Morgan fingerprint density at radius 1 is 1.38 bits per heavy atom. The van der Waals surface area contributed by atoms with E-state index in [9.17, 15) is 5.11 Å². The third-order valence-corrected chi connectivity index (χ3v) is 3.19. The van der Waals surface area contributed by atoms with Crippen LogP contribution < -0.4 is 0 Å². The van der Waals surface area contributed by atoms with Gasteiger partial charge in [0.1, 0.15) is 11.9 Å². The molecule has 0 atom stereocenters. The van der Waals surface area contributed by atoms with Gasteiger partial charge in [-0.2, -0.15) is 0 Å². The highest BCUT2D eigenvalue weighted by Crippen LogP contribution is 2.22. The summed E-state index contributed by atoms with van der Waals surface area (Å²) in [5, 5.41) is 13.5. The molecule has 4 heteroatoms. The van der Waals surface area contributed by atoms with Crippen LogP contribution in [0.1, 0.15) is 31.2 Å². The molecule has 1 aliphatic rings. The van der Waals surface area contributed by atoms with E-state index in [0.717, 1.165) is 17.3 Å². The zero-order chi connectivity index (χ0) is 11.4. The molecule has 0 bridgehead atoms. The van der Waals surface area contributed by atoms with Gasteiger partial charge in [0.25, 0.3) is 0 Å². The predicted molar refractivity (Wildman–Crippen MR) is 66.7 cm³/mol. The van der Waals surface area contributed by atoms with Crippen LogP contribution in [0.4, 0.5) is 0 Å². The number of aromatic hydroxyl groups is 1. The maximum absolute atomic E-state index is 9.56. The standard InChI is InChI=1S/C12H14BrNO2/c13-10-5-6-12(15)9(7-10)8-14-16-11-3-1-2-4-11/h5-8,11,15H,1-4H2/b14-8+. The molecule has 1 N–H and O–H groups in total. The van der Waals surface area contributed by atoms with Crippen LogP contribution in [0, 0.1) is 0 Å². The van der Waals surface area contributed by atoms with E-state index >= 15 is 0 Å². The summed E-state index contributed by atoms with van der Waals surface area (Å²) >= 11 is 3.34. The van der Waals surface area contributed by atoms with Crippen molar-refractivity contribution in [2.45, 2.75) is 31.8 Å². The first kappa shape index (κ1) is 11.5. The fourth-order valence-corrected chi connectivity index (χ4v) is 2.17. The summed E-state index contributed by atoms with van der Waals surface area (Å²) in [4.78, 5) is 5.34. The molecule has 0 heterocycles. The second kappa shape index (κ2) is 5.34. The van der Waals surface area contributed by atoms with Crippen LogP contribution in [0.2, 0.25) is 0 Å². The number of nitrogens with zero attached hydrogens (tertiary/aromatic N) is 1. The van der Waals surface area contributed by atoms with Gasteiger partial charge in [0, 0.05) is 10.0 Å². The van der Waals surface area contributed by atoms with Gasteiger partial charge in [-0.25, -0.2) is 0 Å². The number of halogens is 1. The zero-order valence-corrected chi connectivity index (χ0v) is 10.5. The number of hydrogen-bond donors (Lipinski definition) is 1. The van der Waals surface area contributed by atoms with Gasteiger partial charge in [-0.15, -0.1) is 0 Å². The van der Waals surface area contributed by atoms with Gasteiger partial charge >= 0.3 is 0 Å². The van der Waals surface area contributed by atoms with Crippen molar-refractivity contribution in [1.29, 1.82) is 0 Å². The van der Waals surface area contributed by atoms with Gasteiger partial charge in [-0.3, -0.25) is 0 Å². The monoisotopic (exact) mass is 283 g/mol. The Morgan fingerprint density at radius 2 is 2.12 bits per heavy atom. The smallest absolute Gasteiger partial charge is 0.127 e. The molecule has 1 saturated carbocycles. The van der Waals surface area contributed by atoms with Crippen molar-refractivity contribution in [3.8, 4) is 5.75 Å². The van der Waals surface area contributed by atoms with Crippen LogP contribution in [-0.2, 0) is 4.84 Å². The Morgan fingerprint density at radius 3 is 2.88 bits per heavy atom. The number of hydrogen-bond acceptors (Lipinski definition) is 3. The third-order valence-electron chi connectivity index (χ3n) is 2.69. The molecule has 0 aromatic heterocycles. The molecule has 2 rings (SSSR count). The highest BCUT2D eigenvalue weighted by molar-refractivity contribution is 9.10. The second-order valence-electron chi connectivity index (χ2n) is 3.95. The lowest BCUT2D eigenvalue weighted by molar-refractivity contribution is 0.0657. The molecule has 0 spiro atoms. The van der Waals surface area contributed by atoms with Crippen LogP contribution in [-0.4, -0.2) is 17.4 Å². The summed E-state index contributed by atoms with van der Waals surface area (Å²) in [5.41, 5.74) is 0.660. The molecule has 1 fully saturated rings. The normalized spacial score (nSPS) is 17.1. The number of rotatable bonds is 3. The Balaban J connectivity index is 1.96. The van der Waals surface area contributed by atoms with E-state index in [1.165, 1.54) is 12.8 Å².